The van der Waals surface area contributed by atoms with E-state index in [1.807, 2.05) is 12.1 Å². The Morgan fingerprint density at radius 3 is 2.63 bits per heavy atom. The number of anilines is 1. The van der Waals surface area contributed by atoms with E-state index in [9.17, 15) is 5.11 Å². The molecule has 2 N–H and O–H groups in total. The van der Waals surface area contributed by atoms with Gasteiger partial charge in [0.05, 0.1) is 7.11 Å². The molecule has 1 unspecified atom stereocenters. The van der Waals surface area contributed by atoms with Crippen molar-refractivity contribution in [3.8, 4) is 5.75 Å². The molecule has 1 saturated heterocycles. The van der Waals surface area contributed by atoms with E-state index in [2.05, 4.69) is 36.2 Å². The maximum Gasteiger partial charge on any atom is 0.119 e. The lowest BCUT2D eigenvalue weighted by atomic mass is 9.93. The Morgan fingerprint density at radius 1 is 1.37 bits per heavy atom. The summed E-state index contributed by atoms with van der Waals surface area (Å²) in [6.07, 6.45) is 0.780. The minimum absolute atomic E-state index is 0.0344. The molecule has 0 aliphatic carbocycles. The number of rotatable bonds is 4. The molecule has 0 saturated carbocycles. The van der Waals surface area contributed by atoms with Gasteiger partial charge in [-0.15, -0.1) is 0 Å². The molecule has 0 bridgehead atoms. The molecule has 19 heavy (non-hydrogen) atoms. The fourth-order valence-corrected chi connectivity index (χ4v) is 2.90. The highest BCUT2D eigenvalue weighted by molar-refractivity contribution is 5.53. The lowest BCUT2D eigenvalue weighted by Gasteiger charge is -2.49. The van der Waals surface area contributed by atoms with Crippen molar-refractivity contribution in [3.63, 3.8) is 0 Å². The van der Waals surface area contributed by atoms with Crippen molar-refractivity contribution >= 4 is 5.69 Å². The first-order valence-corrected chi connectivity index (χ1v) is 6.83. The smallest absolute Gasteiger partial charge is 0.119 e. The molecule has 0 spiro atoms. The van der Waals surface area contributed by atoms with E-state index in [0.717, 1.165) is 25.3 Å². The molecule has 0 aromatic heterocycles. The molecule has 0 amide bonds. The normalized spacial score (nSPS) is 22.3. The van der Waals surface area contributed by atoms with Crippen LogP contribution in [0.3, 0.4) is 0 Å². The van der Waals surface area contributed by atoms with Crippen LogP contribution in [0.25, 0.3) is 0 Å². The largest absolute Gasteiger partial charge is 0.497 e. The molecule has 1 aromatic rings. The van der Waals surface area contributed by atoms with Gasteiger partial charge in [-0.2, -0.15) is 0 Å². The van der Waals surface area contributed by atoms with E-state index in [4.69, 9.17) is 4.74 Å². The molecule has 1 aromatic carbocycles. The van der Waals surface area contributed by atoms with E-state index in [-0.39, 0.29) is 12.1 Å². The molecule has 4 nitrogen and oxygen atoms in total. The van der Waals surface area contributed by atoms with Gasteiger partial charge in [0.2, 0.25) is 0 Å². The lowest BCUT2D eigenvalue weighted by molar-refractivity contribution is 0.241. The van der Waals surface area contributed by atoms with E-state index in [1.54, 1.807) is 7.11 Å². The van der Waals surface area contributed by atoms with Gasteiger partial charge in [-0.3, -0.25) is 0 Å². The van der Waals surface area contributed by atoms with Crippen LogP contribution in [0.1, 0.15) is 20.3 Å². The first kappa shape index (κ1) is 14.2. The summed E-state index contributed by atoms with van der Waals surface area (Å²) in [5.74, 6) is 0.871. The molecule has 0 radical (unpaired) electrons. The topological polar surface area (TPSA) is 44.7 Å². The molecular formula is C15H24N2O2. The number of methoxy groups -OCH3 is 1. The second kappa shape index (κ2) is 5.80. The highest BCUT2D eigenvalue weighted by atomic mass is 16.5. The maximum atomic E-state index is 9.26. The molecule has 4 heteroatoms. The summed E-state index contributed by atoms with van der Waals surface area (Å²) in [5, 5.41) is 12.7. The minimum atomic E-state index is 0.0344. The Morgan fingerprint density at radius 2 is 2.05 bits per heavy atom. The van der Waals surface area contributed by atoms with Gasteiger partial charge in [-0.25, -0.2) is 0 Å². The Labute approximate surface area is 115 Å². The molecule has 1 fully saturated rings. The zero-order chi connectivity index (χ0) is 13.9. The summed E-state index contributed by atoms with van der Waals surface area (Å²) in [4.78, 5) is 2.42. The number of nitrogens with one attached hydrogen (secondary N) is 1. The quantitative estimate of drug-likeness (QED) is 0.867. The number of aliphatic hydroxyl groups excluding tert-OH is 1. The second-order valence-corrected chi connectivity index (χ2v) is 5.68. The highest BCUT2D eigenvalue weighted by Crippen LogP contribution is 2.31. The summed E-state index contributed by atoms with van der Waals surface area (Å²) in [7, 11) is 1.68. The number of hydrogen-bond donors (Lipinski definition) is 2. The van der Waals surface area contributed by atoms with Gasteiger partial charge in [0.1, 0.15) is 5.75 Å². The fraction of sp³-hybridized carbons (Fsp3) is 0.600. The third-order valence-corrected chi connectivity index (χ3v) is 3.77. The molecule has 1 atom stereocenters. The van der Waals surface area contributed by atoms with Gasteiger partial charge < -0.3 is 20.1 Å². The van der Waals surface area contributed by atoms with Crippen molar-refractivity contribution in [2.75, 3.05) is 31.7 Å². The average molecular weight is 264 g/mol. The second-order valence-electron chi connectivity index (χ2n) is 5.68. The number of ether oxygens (including phenoxy) is 1. The van der Waals surface area contributed by atoms with Crippen molar-refractivity contribution < 1.29 is 9.84 Å². The van der Waals surface area contributed by atoms with E-state index in [1.165, 1.54) is 5.69 Å². The van der Waals surface area contributed by atoms with Crippen molar-refractivity contribution in [2.45, 2.75) is 31.8 Å². The standard InChI is InChI=1S/C15H24N2O2/c1-15(2)11-16-10-13(8-9-18)17(15)12-4-6-14(19-3)7-5-12/h4-7,13,16,18H,8-11H2,1-3H3. The number of hydrogen-bond acceptors (Lipinski definition) is 4. The average Bonchev–Trinajstić information content (AvgIpc) is 2.39. The van der Waals surface area contributed by atoms with Crippen LogP contribution in [0.2, 0.25) is 0 Å². The third kappa shape index (κ3) is 3.01. The van der Waals surface area contributed by atoms with Crippen LogP contribution in [0.5, 0.6) is 5.75 Å². The Kier molecular flexibility index (Phi) is 4.32. The molecule has 1 aliphatic heterocycles. The summed E-state index contributed by atoms with van der Waals surface area (Å²) >= 11 is 0. The van der Waals surface area contributed by atoms with E-state index < -0.39 is 0 Å². The first-order valence-electron chi connectivity index (χ1n) is 6.83. The van der Waals surface area contributed by atoms with Gasteiger partial charge >= 0.3 is 0 Å². The van der Waals surface area contributed by atoms with Crippen molar-refractivity contribution in [2.24, 2.45) is 0 Å². The Balaban J connectivity index is 2.28. The van der Waals surface area contributed by atoms with Crippen LogP contribution in [-0.4, -0.2) is 43.5 Å². The number of aliphatic hydroxyl groups is 1. The first-order chi connectivity index (χ1) is 9.08. The van der Waals surface area contributed by atoms with Crippen LogP contribution in [0.4, 0.5) is 5.69 Å². The molecule has 2 rings (SSSR count). The summed E-state index contributed by atoms with van der Waals surface area (Å²) in [5.41, 5.74) is 1.22. The Hall–Kier alpha value is -1.26. The van der Waals surface area contributed by atoms with Crippen molar-refractivity contribution in [1.29, 1.82) is 0 Å². The zero-order valence-electron chi connectivity index (χ0n) is 12.0. The molecule has 106 valence electrons. The van der Waals surface area contributed by atoms with Gasteiger partial charge in [-0.1, -0.05) is 0 Å². The predicted octanol–water partition coefficient (Wildman–Crippen LogP) is 1.63. The number of benzene rings is 1. The zero-order valence-corrected chi connectivity index (χ0v) is 12.0. The number of piperazine rings is 1. The molecular weight excluding hydrogens is 240 g/mol. The minimum Gasteiger partial charge on any atom is -0.497 e. The van der Waals surface area contributed by atoms with Crippen LogP contribution < -0.4 is 15.0 Å². The van der Waals surface area contributed by atoms with Gasteiger partial charge in [-0.05, 0) is 44.5 Å². The van der Waals surface area contributed by atoms with Crippen molar-refractivity contribution in [1.82, 2.24) is 5.32 Å². The van der Waals surface area contributed by atoms with Gasteiger partial charge in [0, 0.05) is 37.0 Å². The highest BCUT2D eigenvalue weighted by Gasteiger charge is 2.35. The van der Waals surface area contributed by atoms with Crippen molar-refractivity contribution in [3.05, 3.63) is 24.3 Å². The fourth-order valence-electron chi connectivity index (χ4n) is 2.90. The summed E-state index contributed by atoms with van der Waals surface area (Å²) < 4.78 is 5.21. The number of nitrogens with zero attached hydrogens (tertiary/aromatic N) is 1. The summed E-state index contributed by atoms with van der Waals surface area (Å²) in [6, 6.07) is 8.49. The van der Waals surface area contributed by atoms with E-state index >= 15 is 0 Å². The predicted molar refractivity (Wildman–Crippen MR) is 77.9 cm³/mol. The molecule has 1 aliphatic rings. The van der Waals surface area contributed by atoms with Gasteiger partial charge in [0.25, 0.3) is 0 Å². The Bertz CT molecular complexity index is 401. The lowest BCUT2D eigenvalue weighted by Crippen LogP contribution is -2.63. The third-order valence-electron chi connectivity index (χ3n) is 3.77. The van der Waals surface area contributed by atoms with E-state index in [0.29, 0.717) is 6.04 Å². The van der Waals surface area contributed by atoms with Crippen LogP contribution >= 0.6 is 0 Å². The monoisotopic (exact) mass is 264 g/mol. The van der Waals surface area contributed by atoms with Crippen LogP contribution in [-0.2, 0) is 0 Å². The van der Waals surface area contributed by atoms with Crippen LogP contribution in [0, 0.1) is 0 Å². The van der Waals surface area contributed by atoms with Crippen LogP contribution in [0.15, 0.2) is 24.3 Å². The maximum absolute atomic E-state index is 9.26. The summed E-state index contributed by atoms with van der Waals surface area (Å²) in [6.45, 7) is 6.54. The SMILES string of the molecule is COc1ccc(N2C(CCO)CNCC2(C)C)cc1. The molecule has 1 heterocycles. The van der Waals surface area contributed by atoms with Gasteiger partial charge in [0.15, 0.2) is 0 Å².